The highest BCUT2D eigenvalue weighted by atomic mass is 16.6. The van der Waals surface area contributed by atoms with Gasteiger partial charge >= 0.3 is 12.1 Å². The average Bonchev–Trinajstić information content (AvgIpc) is 2.48. The summed E-state index contributed by atoms with van der Waals surface area (Å²) in [6, 6.07) is 6.76. The van der Waals surface area contributed by atoms with Crippen LogP contribution in [0.2, 0.25) is 0 Å². The minimum absolute atomic E-state index is 0.236. The van der Waals surface area contributed by atoms with E-state index in [-0.39, 0.29) is 6.54 Å². The Kier molecular flexibility index (Phi) is 6.98. The van der Waals surface area contributed by atoms with E-state index in [9.17, 15) is 14.4 Å². The molecule has 0 aliphatic carbocycles. The van der Waals surface area contributed by atoms with E-state index in [1.807, 2.05) is 0 Å². The highest BCUT2D eigenvalue weighted by molar-refractivity contribution is 5.99. The number of aliphatic carboxylic acids is 1. The van der Waals surface area contributed by atoms with Gasteiger partial charge in [0.2, 0.25) is 0 Å². The molecule has 7 nitrogen and oxygen atoms in total. The molecule has 1 rings (SSSR count). The summed E-state index contributed by atoms with van der Waals surface area (Å²) in [5, 5.41) is 13.5. The SMILES string of the molecule is CC(C)(C)OC(=O)NCC=Cc1ccccc1C(=O)NCC(=O)O. The van der Waals surface area contributed by atoms with E-state index in [1.165, 1.54) is 0 Å². The lowest BCUT2D eigenvalue weighted by Crippen LogP contribution is -2.32. The molecule has 0 bridgehead atoms. The first kappa shape index (κ1) is 19.2. The van der Waals surface area contributed by atoms with Crippen molar-refractivity contribution >= 4 is 24.0 Å². The van der Waals surface area contributed by atoms with Crippen LogP contribution >= 0.6 is 0 Å². The highest BCUT2D eigenvalue weighted by Crippen LogP contribution is 2.11. The predicted molar refractivity (Wildman–Crippen MR) is 89.7 cm³/mol. The zero-order valence-electron chi connectivity index (χ0n) is 14.0. The average molecular weight is 334 g/mol. The molecule has 7 heteroatoms. The van der Waals surface area contributed by atoms with Crippen LogP contribution in [-0.4, -0.2) is 41.8 Å². The van der Waals surface area contributed by atoms with Gasteiger partial charge < -0.3 is 20.5 Å². The highest BCUT2D eigenvalue weighted by Gasteiger charge is 2.15. The van der Waals surface area contributed by atoms with Crippen molar-refractivity contribution in [2.45, 2.75) is 26.4 Å². The van der Waals surface area contributed by atoms with E-state index < -0.39 is 30.1 Å². The number of carbonyl (C=O) groups excluding carboxylic acids is 2. The maximum absolute atomic E-state index is 12.0. The van der Waals surface area contributed by atoms with Gasteiger partial charge in [0.25, 0.3) is 5.91 Å². The van der Waals surface area contributed by atoms with Gasteiger partial charge in [0.1, 0.15) is 12.1 Å². The van der Waals surface area contributed by atoms with Crippen LogP contribution in [0.5, 0.6) is 0 Å². The molecular weight excluding hydrogens is 312 g/mol. The molecule has 0 aliphatic heterocycles. The van der Waals surface area contributed by atoms with Crippen LogP contribution < -0.4 is 10.6 Å². The number of carboxylic acid groups (broad SMARTS) is 1. The molecule has 0 spiro atoms. The van der Waals surface area contributed by atoms with Crippen molar-refractivity contribution in [3.8, 4) is 0 Å². The molecule has 0 unspecified atom stereocenters. The first-order chi connectivity index (χ1) is 11.2. The molecule has 24 heavy (non-hydrogen) atoms. The zero-order valence-corrected chi connectivity index (χ0v) is 14.0. The van der Waals surface area contributed by atoms with Gasteiger partial charge in [-0.15, -0.1) is 0 Å². The fraction of sp³-hybridized carbons (Fsp3) is 0.353. The quantitative estimate of drug-likeness (QED) is 0.738. The fourth-order valence-electron chi connectivity index (χ4n) is 1.74. The topological polar surface area (TPSA) is 105 Å². The van der Waals surface area contributed by atoms with Crippen LogP contribution in [0.4, 0.5) is 4.79 Å². The second-order valence-corrected chi connectivity index (χ2v) is 5.95. The number of carbonyl (C=O) groups is 3. The number of carboxylic acids is 1. The molecule has 0 aliphatic rings. The molecule has 130 valence electrons. The number of ether oxygens (including phenoxy) is 1. The van der Waals surface area contributed by atoms with E-state index in [2.05, 4.69) is 10.6 Å². The smallest absolute Gasteiger partial charge is 0.407 e. The lowest BCUT2D eigenvalue weighted by molar-refractivity contribution is -0.135. The molecule has 3 N–H and O–H groups in total. The molecule has 0 fully saturated rings. The van der Waals surface area contributed by atoms with Gasteiger partial charge in [0, 0.05) is 12.1 Å². The molecule has 1 aromatic carbocycles. The Labute approximate surface area is 140 Å². The Morgan fingerprint density at radius 1 is 1.17 bits per heavy atom. The standard InChI is InChI=1S/C17H22N2O5/c1-17(2,3)24-16(23)18-10-6-8-12-7-4-5-9-13(12)15(22)19-11-14(20)21/h4-9H,10-11H2,1-3H3,(H,18,23)(H,19,22)(H,20,21). The first-order valence-corrected chi connectivity index (χ1v) is 7.41. The van der Waals surface area contributed by atoms with Crippen molar-refractivity contribution in [1.82, 2.24) is 10.6 Å². The van der Waals surface area contributed by atoms with Gasteiger partial charge in [-0.05, 0) is 32.4 Å². The molecule has 0 radical (unpaired) electrons. The normalized spacial score (nSPS) is 11.1. The second-order valence-electron chi connectivity index (χ2n) is 5.95. The molecule has 1 aromatic rings. The Morgan fingerprint density at radius 2 is 1.83 bits per heavy atom. The lowest BCUT2D eigenvalue weighted by Gasteiger charge is -2.19. The minimum atomic E-state index is -1.11. The maximum Gasteiger partial charge on any atom is 0.407 e. The second kappa shape index (κ2) is 8.71. The number of nitrogens with one attached hydrogen (secondary N) is 2. The predicted octanol–water partition coefficient (Wildman–Crippen LogP) is 2.04. The van der Waals surface area contributed by atoms with E-state index in [1.54, 1.807) is 57.2 Å². The van der Waals surface area contributed by atoms with Crippen molar-refractivity contribution in [2.24, 2.45) is 0 Å². The van der Waals surface area contributed by atoms with E-state index >= 15 is 0 Å². The van der Waals surface area contributed by atoms with Crippen LogP contribution in [0.1, 0.15) is 36.7 Å². The van der Waals surface area contributed by atoms with Gasteiger partial charge in [-0.2, -0.15) is 0 Å². The van der Waals surface area contributed by atoms with Crippen molar-refractivity contribution in [3.63, 3.8) is 0 Å². The number of benzene rings is 1. The summed E-state index contributed by atoms with van der Waals surface area (Å²) in [4.78, 5) is 34.0. The van der Waals surface area contributed by atoms with Crippen molar-refractivity contribution in [1.29, 1.82) is 0 Å². The number of rotatable bonds is 6. The Hall–Kier alpha value is -2.83. The molecule has 0 saturated heterocycles. The van der Waals surface area contributed by atoms with Gasteiger partial charge in [-0.25, -0.2) is 4.79 Å². The minimum Gasteiger partial charge on any atom is -0.480 e. The largest absolute Gasteiger partial charge is 0.480 e. The summed E-state index contributed by atoms with van der Waals surface area (Å²) in [5.74, 6) is -1.59. The Bertz CT molecular complexity index is 632. The molecule has 2 amide bonds. The van der Waals surface area contributed by atoms with Gasteiger partial charge in [-0.1, -0.05) is 30.4 Å². The molecular formula is C17H22N2O5. The van der Waals surface area contributed by atoms with E-state index in [0.717, 1.165) is 0 Å². The van der Waals surface area contributed by atoms with Gasteiger partial charge in [-0.3, -0.25) is 9.59 Å². The summed E-state index contributed by atoms with van der Waals surface area (Å²) < 4.78 is 5.10. The lowest BCUT2D eigenvalue weighted by atomic mass is 10.1. The summed E-state index contributed by atoms with van der Waals surface area (Å²) in [5.41, 5.74) is 0.404. The van der Waals surface area contributed by atoms with Crippen LogP contribution in [0, 0.1) is 0 Å². The maximum atomic E-state index is 12.0. The van der Waals surface area contributed by atoms with E-state index in [0.29, 0.717) is 11.1 Å². The van der Waals surface area contributed by atoms with Crippen molar-refractivity contribution in [2.75, 3.05) is 13.1 Å². The number of alkyl carbamates (subject to hydrolysis) is 1. The van der Waals surface area contributed by atoms with Gasteiger partial charge in [0.05, 0.1) is 0 Å². The third-order valence-electron chi connectivity index (χ3n) is 2.67. The zero-order chi connectivity index (χ0) is 18.2. The molecule has 0 saturated carbocycles. The molecule has 0 heterocycles. The summed E-state index contributed by atoms with van der Waals surface area (Å²) >= 11 is 0. The molecule has 0 aromatic heterocycles. The van der Waals surface area contributed by atoms with Crippen LogP contribution in [0.3, 0.4) is 0 Å². The third kappa shape index (κ3) is 7.44. The van der Waals surface area contributed by atoms with E-state index in [4.69, 9.17) is 9.84 Å². The third-order valence-corrected chi connectivity index (χ3v) is 2.67. The number of amides is 2. The Balaban J connectivity index is 2.63. The number of hydrogen-bond donors (Lipinski definition) is 3. The van der Waals surface area contributed by atoms with Crippen LogP contribution in [0.25, 0.3) is 6.08 Å². The monoisotopic (exact) mass is 334 g/mol. The van der Waals surface area contributed by atoms with Crippen molar-refractivity contribution < 1.29 is 24.2 Å². The molecule has 0 atom stereocenters. The fourth-order valence-corrected chi connectivity index (χ4v) is 1.74. The first-order valence-electron chi connectivity index (χ1n) is 7.41. The van der Waals surface area contributed by atoms with Crippen molar-refractivity contribution in [3.05, 3.63) is 41.5 Å². The van der Waals surface area contributed by atoms with Crippen LogP contribution in [-0.2, 0) is 9.53 Å². The number of hydrogen-bond acceptors (Lipinski definition) is 4. The van der Waals surface area contributed by atoms with Crippen LogP contribution in [0.15, 0.2) is 30.3 Å². The summed E-state index contributed by atoms with van der Waals surface area (Å²) in [6.07, 6.45) is 2.82. The Morgan fingerprint density at radius 3 is 2.46 bits per heavy atom. The summed E-state index contributed by atoms with van der Waals surface area (Å²) in [7, 11) is 0. The summed E-state index contributed by atoms with van der Waals surface area (Å²) in [6.45, 7) is 5.11. The van der Waals surface area contributed by atoms with Gasteiger partial charge in [0.15, 0.2) is 0 Å².